The van der Waals surface area contributed by atoms with Gasteiger partial charge in [0.25, 0.3) is 0 Å². The van der Waals surface area contributed by atoms with E-state index in [0.29, 0.717) is 5.69 Å². The average Bonchev–Trinajstić information content (AvgIpc) is 2.96. The Bertz CT molecular complexity index is 674. The van der Waals surface area contributed by atoms with Crippen molar-refractivity contribution in [3.8, 4) is 10.6 Å². The largest absolute Gasteiger partial charge is 0.369 e. The lowest BCUT2D eigenvalue weighted by molar-refractivity contribution is -0.117. The van der Waals surface area contributed by atoms with Crippen LogP contribution in [0.4, 0.5) is 0 Å². The van der Waals surface area contributed by atoms with E-state index in [2.05, 4.69) is 4.98 Å². The second-order valence-electron chi connectivity index (χ2n) is 4.01. The third-order valence-corrected chi connectivity index (χ3v) is 6.24. The first-order valence-corrected chi connectivity index (χ1v) is 8.92. The zero-order valence-corrected chi connectivity index (χ0v) is 12.5. The number of rotatable bonds is 5. The van der Waals surface area contributed by atoms with E-state index in [1.54, 1.807) is 16.7 Å². The number of nitrogens with zero attached hydrogens (tertiary/aromatic N) is 1. The minimum absolute atomic E-state index is 0.266. The summed E-state index contributed by atoms with van der Waals surface area (Å²) in [6, 6.07) is 1.92. The molecule has 0 radical (unpaired) electrons. The molecule has 0 unspecified atom stereocenters. The van der Waals surface area contributed by atoms with Crippen molar-refractivity contribution in [2.75, 3.05) is 0 Å². The second kappa shape index (κ2) is 5.40. The Morgan fingerprint density at radius 1 is 1.47 bits per heavy atom. The van der Waals surface area contributed by atoms with Crippen LogP contribution in [0.3, 0.4) is 0 Å². The molecule has 0 aliphatic carbocycles. The highest BCUT2D eigenvalue weighted by Crippen LogP contribution is 2.26. The van der Waals surface area contributed by atoms with Crippen molar-refractivity contribution in [3.63, 3.8) is 0 Å². The van der Waals surface area contributed by atoms with E-state index < -0.39 is 21.0 Å². The smallest absolute Gasteiger partial charge is 0.235 e. The number of carbonyl (C=O) groups excluding carboxylic acids is 1. The normalized spacial score (nSPS) is 13.3. The fraction of sp³-hybridized carbons (Fsp3) is 0.273. The first-order valence-electron chi connectivity index (χ1n) is 5.38. The SMILES string of the molecule is C[C@H](C(N)=O)S(=O)(=O)Cc1csc(-c2ccsc2)n1. The van der Waals surface area contributed by atoms with Gasteiger partial charge in [0.2, 0.25) is 5.91 Å². The van der Waals surface area contributed by atoms with Crippen molar-refractivity contribution in [1.29, 1.82) is 0 Å². The highest BCUT2D eigenvalue weighted by molar-refractivity contribution is 7.92. The highest BCUT2D eigenvalue weighted by atomic mass is 32.2. The van der Waals surface area contributed by atoms with E-state index in [1.165, 1.54) is 18.3 Å². The molecule has 2 N–H and O–H groups in total. The number of sulfone groups is 1. The summed E-state index contributed by atoms with van der Waals surface area (Å²) in [6.07, 6.45) is 0. The van der Waals surface area contributed by atoms with E-state index in [9.17, 15) is 13.2 Å². The van der Waals surface area contributed by atoms with Gasteiger partial charge in [0.05, 0.1) is 11.4 Å². The molecule has 0 saturated carbocycles. The third-order valence-electron chi connectivity index (χ3n) is 2.61. The summed E-state index contributed by atoms with van der Waals surface area (Å²) < 4.78 is 23.8. The molecular weight excluding hydrogens is 304 g/mol. The molecule has 2 aromatic heterocycles. The lowest BCUT2D eigenvalue weighted by Gasteiger charge is -2.07. The molecule has 8 heteroatoms. The van der Waals surface area contributed by atoms with Gasteiger partial charge in [-0.2, -0.15) is 11.3 Å². The van der Waals surface area contributed by atoms with Gasteiger partial charge < -0.3 is 5.73 Å². The van der Waals surface area contributed by atoms with Crippen LogP contribution in [0, 0.1) is 0 Å². The van der Waals surface area contributed by atoms with Crippen LogP contribution in [0.2, 0.25) is 0 Å². The average molecular weight is 316 g/mol. The maximum absolute atomic E-state index is 11.9. The molecule has 0 aromatic carbocycles. The maximum Gasteiger partial charge on any atom is 0.235 e. The van der Waals surface area contributed by atoms with Crippen LogP contribution in [0.15, 0.2) is 22.2 Å². The number of aromatic nitrogens is 1. The van der Waals surface area contributed by atoms with E-state index in [4.69, 9.17) is 5.73 Å². The molecule has 0 saturated heterocycles. The fourth-order valence-electron chi connectivity index (χ4n) is 1.40. The number of amides is 1. The molecular formula is C11H12N2O3S3. The second-order valence-corrected chi connectivity index (χ2v) is 7.97. The Labute approximate surface area is 119 Å². The quantitative estimate of drug-likeness (QED) is 0.908. The Kier molecular flexibility index (Phi) is 4.02. The molecule has 2 heterocycles. The number of thiophene rings is 1. The van der Waals surface area contributed by atoms with Gasteiger partial charge in [-0.05, 0) is 18.4 Å². The summed E-state index contributed by atoms with van der Waals surface area (Å²) >= 11 is 2.94. The molecule has 5 nitrogen and oxygen atoms in total. The number of hydrogen-bond acceptors (Lipinski definition) is 6. The van der Waals surface area contributed by atoms with Gasteiger partial charge in [0.1, 0.15) is 10.3 Å². The first kappa shape index (κ1) is 14.2. The van der Waals surface area contributed by atoms with E-state index in [-0.39, 0.29) is 5.75 Å². The summed E-state index contributed by atoms with van der Waals surface area (Å²) in [5.41, 5.74) is 6.44. The first-order chi connectivity index (χ1) is 8.90. The molecule has 0 spiro atoms. The number of hydrogen-bond donors (Lipinski definition) is 1. The monoisotopic (exact) mass is 316 g/mol. The molecule has 102 valence electrons. The van der Waals surface area contributed by atoms with Crippen molar-refractivity contribution < 1.29 is 13.2 Å². The Morgan fingerprint density at radius 2 is 2.21 bits per heavy atom. The molecule has 0 bridgehead atoms. The van der Waals surface area contributed by atoms with E-state index in [1.807, 2.05) is 16.8 Å². The molecule has 0 aliphatic rings. The van der Waals surface area contributed by atoms with Crippen molar-refractivity contribution in [2.24, 2.45) is 5.73 Å². The molecule has 0 fully saturated rings. The molecule has 2 aromatic rings. The number of thiazole rings is 1. The van der Waals surface area contributed by atoms with Crippen molar-refractivity contribution in [3.05, 3.63) is 27.9 Å². The zero-order chi connectivity index (χ0) is 14.0. The van der Waals surface area contributed by atoms with Gasteiger partial charge >= 0.3 is 0 Å². The van der Waals surface area contributed by atoms with Gasteiger partial charge in [-0.3, -0.25) is 4.79 Å². The maximum atomic E-state index is 11.9. The minimum atomic E-state index is -3.60. The summed E-state index contributed by atoms with van der Waals surface area (Å²) in [5, 5.41) is 5.15. The lowest BCUT2D eigenvalue weighted by atomic mass is 10.4. The summed E-state index contributed by atoms with van der Waals surface area (Å²) in [5.74, 6) is -1.11. The van der Waals surface area contributed by atoms with Crippen LogP contribution in [-0.4, -0.2) is 24.6 Å². The number of carbonyl (C=O) groups is 1. The van der Waals surface area contributed by atoms with Gasteiger partial charge in [-0.15, -0.1) is 11.3 Å². The summed E-state index contributed by atoms with van der Waals surface area (Å²) in [6.45, 7) is 1.30. The third kappa shape index (κ3) is 3.20. The van der Waals surface area contributed by atoms with Gasteiger partial charge in [-0.1, -0.05) is 0 Å². The molecule has 2 rings (SSSR count). The minimum Gasteiger partial charge on any atom is -0.369 e. The van der Waals surface area contributed by atoms with Crippen LogP contribution in [0.5, 0.6) is 0 Å². The Morgan fingerprint density at radius 3 is 2.79 bits per heavy atom. The highest BCUT2D eigenvalue weighted by Gasteiger charge is 2.27. The van der Waals surface area contributed by atoms with Crippen molar-refractivity contribution in [1.82, 2.24) is 4.98 Å². The van der Waals surface area contributed by atoms with E-state index >= 15 is 0 Å². The molecule has 19 heavy (non-hydrogen) atoms. The van der Waals surface area contributed by atoms with Gasteiger partial charge in [0.15, 0.2) is 9.84 Å². The van der Waals surface area contributed by atoms with Crippen LogP contribution in [-0.2, 0) is 20.4 Å². The Balaban J connectivity index is 2.19. The van der Waals surface area contributed by atoms with Crippen LogP contribution < -0.4 is 5.73 Å². The number of nitrogens with two attached hydrogens (primary N) is 1. The van der Waals surface area contributed by atoms with Crippen molar-refractivity contribution in [2.45, 2.75) is 17.9 Å². The summed E-state index contributed by atoms with van der Waals surface area (Å²) in [4.78, 5) is 15.2. The number of primary amides is 1. The Hall–Kier alpha value is -1.25. The van der Waals surface area contributed by atoms with E-state index in [0.717, 1.165) is 10.6 Å². The predicted octanol–water partition coefficient (Wildman–Crippen LogP) is 1.66. The predicted molar refractivity (Wildman–Crippen MR) is 76.7 cm³/mol. The zero-order valence-electron chi connectivity index (χ0n) is 10.1. The molecule has 1 amide bonds. The topological polar surface area (TPSA) is 90.1 Å². The van der Waals surface area contributed by atoms with Crippen molar-refractivity contribution >= 4 is 38.4 Å². The van der Waals surface area contributed by atoms with Crippen LogP contribution in [0.1, 0.15) is 12.6 Å². The summed E-state index contributed by atoms with van der Waals surface area (Å²) in [7, 11) is -3.60. The standard InChI is InChI=1S/C11H12N2O3S3/c1-7(10(12)14)19(15,16)6-9-5-18-11(13-9)8-2-3-17-4-8/h2-5,7H,6H2,1H3,(H2,12,14)/t7-/m1/s1. The molecule has 1 atom stereocenters. The van der Waals surface area contributed by atoms with Crippen LogP contribution in [0.25, 0.3) is 10.6 Å². The van der Waals surface area contributed by atoms with Gasteiger partial charge in [0, 0.05) is 16.3 Å². The lowest BCUT2D eigenvalue weighted by Crippen LogP contribution is -2.34. The molecule has 0 aliphatic heterocycles. The van der Waals surface area contributed by atoms with Gasteiger partial charge in [-0.25, -0.2) is 13.4 Å². The van der Waals surface area contributed by atoms with Crippen LogP contribution >= 0.6 is 22.7 Å². The fourth-order valence-corrected chi connectivity index (χ4v) is 4.20.